The highest BCUT2D eigenvalue weighted by Gasteiger charge is 2.21. The number of fused-ring (bicyclic) bond motifs is 1. The average molecular weight is 314 g/mol. The first-order chi connectivity index (χ1) is 10.6. The molecule has 2 aromatic rings. The van der Waals surface area contributed by atoms with Gasteiger partial charge in [-0.1, -0.05) is 18.2 Å². The minimum atomic E-state index is -0.371. The molecule has 0 saturated heterocycles. The molecule has 3 nitrogen and oxygen atoms in total. The van der Waals surface area contributed by atoms with E-state index in [1.54, 1.807) is 0 Å². The minimum Gasteiger partial charge on any atom is -0.318 e. The van der Waals surface area contributed by atoms with Crippen LogP contribution in [0.25, 0.3) is 0 Å². The van der Waals surface area contributed by atoms with Crippen LogP contribution < -0.4 is 10.2 Å². The number of hydrogen-bond acceptors (Lipinski definition) is 2. The van der Waals surface area contributed by atoms with E-state index >= 15 is 0 Å². The van der Waals surface area contributed by atoms with Gasteiger partial charge in [-0.2, -0.15) is 0 Å². The molecule has 0 bridgehead atoms. The molecule has 1 aliphatic heterocycles. The summed E-state index contributed by atoms with van der Waals surface area (Å²) in [6.07, 6.45) is 2.00. The Bertz CT molecular complexity index is 715. The number of hydrogen-bond donors (Lipinski definition) is 1. The van der Waals surface area contributed by atoms with Crippen LogP contribution in [0.4, 0.5) is 10.1 Å². The first-order valence-electron chi connectivity index (χ1n) is 7.11. The van der Waals surface area contributed by atoms with Gasteiger partial charge in [0, 0.05) is 17.8 Å². The summed E-state index contributed by atoms with van der Waals surface area (Å²) in [6, 6.07) is 13.4. The van der Waals surface area contributed by atoms with Gasteiger partial charge in [-0.25, -0.2) is 4.39 Å². The summed E-state index contributed by atoms with van der Waals surface area (Å²) in [5.74, 6) is -0.697. The van der Waals surface area contributed by atoms with Crippen molar-refractivity contribution in [2.75, 3.05) is 11.4 Å². The van der Waals surface area contributed by atoms with Crippen molar-refractivity contribution >= 4 is 28.9 Å². The molecule has 0 spiro atoms. The predicted molar refractivity (Wildman–Crippen MR) is 88.6 cm³/mol. The Morgan fingerprint density at radius 1 is 1.14 bits per heavy atom. The molecule has 1 amide bonds. The van der Waals surface area contributed by atoms with Crippen LogP contribution in [0.5, 0.6) is 0 Å². The molecule has 0 fully saturated rings. The fraction of sp³-hybridized carbons (Fsp3) is 0.176. The monoisotopic (exact) mass is 314 g/mol. The fourth-order valence-electron chi connectivity index (χ4n) is 2.58. The molecule has 0 aromatic heterocycles. The maximum absolute atomic E-state index is 12.9. The molecular weight excluding hydrogens is 299 g/mol. The van der Waals surface area contributed by atoms with Crippen LogP contribution in [0.15, 0.2) is 48.5 Å². The van der Waals surface area contributed by atoms with E-state index in [9.17, 15) is 9.18 Å². The van der Waals surface area contributed by atoms with Crippen molar-refractivity contribution in [3.05, 3.63) is 65.5 Å². The van der Waals surface area contributed by atoms with Gasteiger partial charge in [0.1, 0.15) is 5.82 Å². The topological polar surface area (TPSA) is 32.3 Å². The molecular formula is C17H15FN2OS. The van der Waals surface area contributed by atoms with Crippen molar-refractivity contribution in [1.82, 2.24) is 5.32 Å². The third-order valence-electron chi connectivity index (χ3n) is 3.68. The highest BCUT2D eigenvalue weighted by atomic mass is 32.1. The quantitative estimate of drug-likeness (QED) is 0.820. The van der Waals surface area contributed by atoms with Crippen molar-refractivity contribution in [3.63, 3.8) is 0 Å². The second-order valence-corrected chi connectivity index (χ2v) is 5.54. The number of nitrogens with one attached hydrogen (secondary N) is 1. The predicted octanol–water partition coefficient (Wildman–Crippen LogP) is 3.29. The first kappa shape index (κ1) is 14.7. The van der Waals surface area contributed by atoms with Gasteiger partial charge < -0.3 is 4.90 Å². The molecule has 0 unspecified atom stereocenters. The Kier molecular flexibility index (Phi) is 4.15. The molecule has 0 aliphatic carbocycles. The van der Waals surface area contributed by atoms with E-state index in [4.69, 9.17) is 12.2 Å². The zero-order chi connectivity index (χ0) is 15.5. The van der Waals surface area contributed by atoms with E-state index in [2.05, 4.69) is 11.4 Å². The summed E-state index contributed by atoms with van der Waals surface area (Å²) in [7, 11) is 0. The van der Waals surface area contributed by atoms with Gasteiger partial charge in [0.2, 0.25) is 0 Å². The lowest BCUT2D eigenvalue weighted by atomic mass is 10.0. The minimum absolute atomic E-state index is 0.326. The Morgan fingerprint density at radius 2 is 1.86 bits per heavy atom. The lowest BCUT2D eigenvalue weighted by Gasteiger charge is -2.31. The number of amides is 1. The number of halogens is 1. The van der Waals surface area contributed by atoms with Crippen LogP contribution in [0.2, 0.25) is 0 Å². The Morgan fingerprint density at radius 3 is 2.64 bits per heavy atom. The number of carbonyl (C=O) groups is 1. The summed E-state index contributed by atoms with van der Waals surface area (Å²) in [5.41, 5.74) is 2.65. The molecule has 3 rings (SSSR count). The average Bonchev–Trinajstić information content (AvgIpc) is 2.54. The molecule has 2 aromatic carbocycles. The molecule has 22 heavy (non-hydrogen) atoms. The summed E-state index contributed by atoms with van der Waals surface area (Å²) in [6.45, 7) is 0.777. The number of aryl methyl sites for hydroxylation is 1. The van der Waals surface area contributed by atoms with E-state index in [1.165, 1.54) is 29.8 Å². The number of carbonyl (C=O) groups excluding carboxylic acids is 1. The molecule has 5 heteroatoms. The second-order valence-electron chi connectivity index (χ2n) is 5.15. The molecule has 0 atom stereocenters. The maximum Gasteiger partial charge on any atom is 0.257 e. The lowest BCUT2D eigenvalue weighted by Crippen LogP contribution is -2.45. The largest absolute Gasteiger partial charge is 0.318 e. The molecule has 1 heterocycles. The van der Waals surface area contributed by atoms with E-state index < -0.39 is 0 Å². The number of nitrogens with zero attached hydrogens (tertiary/aromatic N) is 1. The standard InChI is InChI=1S/C17H15FN2OS/c18-14-9-7-13(8-10-14)16(21)19-17(22)20-11-3-5-12-4-1-2-6-15(12)20/h1-2,4,6-10H,3,5,11H2,(H,19,21,22). The lowest BCUT2D eigenvalue weighted by molar-refractivity contribution is 0.0977. The molecule has 0 saturated carbocycles. The van der Waals surface area contributed by atoms with Crippen LogP contribution in [-0.4, -0.2) is 17.6 Å². The van der Waals surface area contributed by atoms with Crippen LogP contribution in [0.1, 0.15) is 22.3 Å². The van der Waals surface area contributed by atoms with Crippen molar-refractivity contribution in [2.45, 2.75) is 12.8 Å². The van der Waals surface area contributed by atoms with Crippen LogP contribution in [0.3, 0.4) is 0 Å². The van der Waals surface area contributed by atoms with Gasteiger partial charge >= 0.3 is 0 Å². The number of rotatable bonds is 1. The summed E-state index contributed by atoms with van der Waals surface area (Å²) < 4.78 is 12.9. The summed E-state index contributed by atoms with van der Waals surface area (Å²) >= 11 is 5.37. The van der Waals surface area contributed by atoms with Crippen LogP contribution >= 0.6 is 12.2 Å². The van der Waals surface area contributed by atoms with Gasteiger partial charge in [0.05, 0.1) is 0 Å². The van der Waals surface area contributed by atoms with Gasteiger partial charge in [0.25, 0.3) is 5.91 Å². The third kappa shape index (κ3) is 2.99. The van der Waals surface area contributed by atoms with E-state index in [1.807, 2.05) is 23.1 Å². The van der Waals surface area contributed by atoms with Crippen molar-refractivity contribution in [1.29, 1.82) is 0 Å². The van der Waals surface area contributed by atoms with Gasteiger partial charge in [0.15, 0.2) is 5.11 Å². The molecule has 112 valence electrons. The van der Waals surface area contributed by atoms with Gasteiger partial charge in [-0.05, 0) is 61.0 Å². The Hall–Kier alpha value is -2.27. The maximum atomic E-state index is 12.9. The van der Waals surface area contributed by atoms with Crippen LogP contribution in [0, 0.1) is 5.82 Å². The van der Waals surface area contributed by atoms with E-state index in [0.29, 0.717) is 10.7 Å². The summed E-state index contributed by atoms with van der Waals surface area (Å²) in [5, 5.41) is 3.10. The molecule has 1 aliphatic rings. The van der Waals surface area contributed by atoms with E-state index in [-0.39, 0.29) is 11.7 Å². The number of benzene rings is 2. The third-order valence-corrected chi connectivity index (χ3v) is 4.00. The van der Waals surface area contributed by atoms with Crippen molar-refractivity contribution < 1.29 is 9.18 Å². The Labute approximate surface area is 133 Å². The normalized spacial score (nSPS) is 13.4. The number of para-hydroxylation sites is 1. The highest BCUT2D eigenvalue weighted by Crippen LogP contribution is 2.26. The SMILES string of the molecule is O=C(NC(=S)N1CCCc2ccccc21)c1ccc(F)cc1. The first-order valence-corrected chi connectivity index (χ1v) is 7.52. The molecule has 1 N–H and O–H groups in total. The second kappa shape index (κ2) is 6.23. The zero-order valence-electron chi connectivity index (χ0n) is 11.9. The zero-order valence-corrected chi connectivity index (χ0v) is 12.7. The van der Waals surface area contributed by atoms with Gasteiger partial charge in [-0.15, -0.1) is 0 Å². The number of thiocarbonyl (C=S) groups is 1. The Balaban J connectivity index is 1.75. The van der Waals surface area contributed by atoms with Crippen molar-refractivity contribution in [2.24, 2.45) is 0 Å². The van der Waals surface area contributed by atoms with Crippen LogP contribution in [-0.2, 0) is 6.42 Å². The van der Waals surface area contributed by atoms with Gasteiger partial charge in [-0.3, -0.25) is 10.1 Å². The van der Waals surface area contributed by atoms with Crippen molar-refractivity contribution in [3.8, 4) is 0 Å². The fourth-order valence-corrected chi connectivity index (χ4v) is 2.86. The molecule has 0 radical (unpaired) electrons. The number of anilines is 1. The summed E-state index contributed by atoms with van der Waals surface area (Å²) in [4.78, 5) is 14.1. The van der Waals surface area contributed by atoms with E-state index in [0.717, 1.165) is 25.1 Å². The highest BCUT2D eigenvalue weighted by molar-refractivity contribution is 7.80. The smallest absolute Gasteiger partial charge is 0.257 e.